The van der Waals surface area contributed by atoms with Gasteiger partial charge in [0.25, 0.3) is 0 Å². The monoisotopic (exact) mass is 788 g/mol. The van der Waals surface area contributed by atoms with Crippen LogP contribution in [0.15, 0.2) is 176 Å². The lowest BCUT2D eigenvalue weighted by molar-refractivity contribution is 0.587. The zero-order valence-corrected chi connectivity index (χ0v) is 28.4. The molecular weight excluding hydrogens is 758 g/mol. The molecule has 6 aromatic rings. The van der Waals surface area contributed by atoms with E-state index in [2.05, 4.69) is 221 Å². The summed E-state index contributed by atoms with van der Waals surface area (Å²) in [6.45, 7) is 0. The highest BCUT2D eigenvalue weighted by Crippen LogP contribution is 2.61. The first kappa shape index (κ1) is 29.0. The van der Waals surface area contributed by atoms with Gasteiger partial charge in [-0.2, -0.15) is 0 Å². The summed E-state index contributed by atoms with van der Waals surface area (Å²) in [5.74, 6) is 0.0168. The smallest absolute Gasteiger partial charge is 0.0566 e. The van der Waals surface area contributed by atoms with Crippen LogP contribution in [0, 0.1) is 7.14 Å². The minimum absolute atomic E-state index is 0.0168. The molecule has 0 spiro atoms. The Kier molecular flexibility index (Phi) is 8.37. The van der Waals surface area contributed by atoms with Gasteiger partial charge in [0.15, 0.2) is 0 Å². The molecule has 0 nitrogen and oxygen atoms in total. The SMILES string of the molecule is Ic1ccc(C2=CC(c3ccccc3)C(c3ccccc3)(c3ccc(I)cc3)C(c3ccccc3)=C2c2ccccc2)cc1. The zero-order valence-electron chi connectivity index (χ0n) is 24.1. The Balaban J connectivity index is 1.72. The van der Waals surface area contributed by atoms with E-state index in [-0.39, 0.29) is 5.92 Å². The van der Waals surface area contributed by atoms with Crippen molar-refractivity contribution in [2.24, 2.45) is 0 Å². The predicted octanol–water partition coefficient (Wildman–Crippen LogP) is 11.7. The van der Waals surface area contributed by atoms with Crippen LogP contribution in [-0.2, 0) is 5.41 Å². The van der Waals surface area contributed by atoms with Crippen LogP contribution in [0.4, 0.5) is 0 Å². The van der Waals surface area contributed by atoms with Crippen LogP contribution in [0.2, 0.25) is 0 Å². The molecule has 0 aromatic heterocycles. The molecule has 0 saturated heterocycles. The van der Waals surface area contributed by atoms with Crippen LogP contribution < -0.4 is 0 Å². The second-order valence-electron chi connectivity index (χ2n) is 11.1. The summed E-state index contributed by atoms with van der Waals surface area (Å²) < 4.78 is 2.46. The molecule has 212 valence electrons. The molecule has 6 aromatic carbocycles. The van der Waals surface area contributed by atoms with Gasteiger partial charge in [-0.15, -0.1) is 0 Å². The fourth-order valence-corrected chi connectivity index (χ4v) is 7.57. The van der Waals surface area contributed by atoms with Crippen LogP contribution in [0.25, 0.3) is 16.7 Å². The number of halogens is 2. The van der Waals surface area contributed by atoms with Gasteiger partial charge in [-0.25, -0.2) is 0 Å². The summed E-state index contributed by atoms with van der Waals surface area (Å²) in [5.41, 5.74) is 10.8. The van der Waals surface area contributed by atoms with E-state index in [0.717, 1.165) is 0 Å². The van der Waals surface area contributed by atoms with Gasteiger partial charge in [0.1, 0.15) is 0 Å². The summed E-state index contributed by atoms with van der Waals surface area (Å²) in [6.07, 6.45) is 2.55. The highest BCUT2D eigenvalue weighted by Gasteiger charge is 2.49. The van der Waals surface area contributed by atoms with Crippen molar-refractivity contribution in [2.45, 2.75) is 11.3 Å². The first-order valence-corrected chi connectivity index (χ1v) is 17.0. The molecule has 2 heteroatoms. The van der Waals surface area contributed by atoms with Crippen LogP contribution in [0.5, 0.6) is 0 Å². The van der Waals surface area contributed by atoms with Gasteiger partial charge in [0.2, 0.25) is 0 Å². The molecular formula is C42H30I2. The Bertz CT molecular complexity index is 1920. The van der Waals surface area contributed by atoms with E-state index < -0.39 is 5.41 Å². The number of hydrogen-bond donors (Lipinski definition) is 0. The Labute approximate surface area is 287 Å². The van der Waals surface area contributed by atoms with Crippen molar-refractivity contribution in [2.75, 3.05) is 0 Å². The van der Waals surface area contributed by atoms with Crippen molar-refractivity contribution in [1.29, 1.82) is 0 Å². The third kappa shape index (κ3) is 5.28. The van der Waals surface area contributed by atoms with E-state index in [0.29, 0.717) is 0 Å². The van der Waals surface area contributed by atoms with E-state index in [9.17, 15) is 0 Å². The Morgan fingerprint density at radius 2 is 0.864 bits per heavy atom. The Morgan fingerprint density at radius 1 is 0.409 bits per heavy atom. The predicted molar refractivity (Wildman–Crippen MR) is 202 cm³/mol. The first-order valence-electron chi connectivity index (χ1n) is 14.9. The van der Waals surface area contributed by atoms with Gasteiger partial charge >= 0.3 is 0 Å². The molecule has 0 heterocycles. The molecule has 0 bridgehead atoms. The molecule has 0 aliphatic heterocycles. The Hall–Kier alpha value is -3.74. The second kappa shape index (κ2) is 12.7. The van der Waals surface area contributed by atoms with E-state index in [1.54, 1.807) is 0 Å². The molecule has 2 atom stereocenters. The summed E-state index contributed by atoms with van der Waals surface area (Å²) in [4.78, 5) is 0. The average Bonchev–Trinajstić information content (AvgIpc) is 3.09. The van der Waals surface area contributed by atoms with E-state index in [4.69, 9.17) is 0 Å². The van der Waals surface area contributed by atoms with E-state index >= 15 is 0 Å². The zero-order chi connectivity index (χ0) is 29.9. The molecule has 7 rings (SSSR count). The summed E-state index contributed by atoms with van der Waals surface area (Å²) in [5, 5.41) is 0. The van der Waals surface area contributed by atoms with Crippen molar-refractivity contribution in [3.05, 3.63) is 216 Å². The molecule has 0 radical (unpaired) electrons. The second-order valence-corrected chi connectivity index (χ2v) is 13.6. The van der Waals surface area contributed by atoms with Crippen molar-refractivity contribution in [3.63, 3.8) is 0 Å². The van der Waals surface area contributed by atoms with Gasteiger partial charge in [-0.1, -0.05) is 152 Å². The third-order valence-corrected chi connectivity index (χ3v) is 10.1. The maximum absolute atomic E-state index is 2.55. The van der Waals surface area contributed by atoms with Gasteiger partial charge in [0, 0.05) is 13.1 Å². The Morgan fingerprint density at radius 3 is 1.43 bits per heavy atom. The molecule has 0 N–H and O–H groups in total. The van der Waals surface area contributed by atoms with Crippen molar-refractivity contribution >= 4 is 61.9 Å². The maximum Gasteiger partial charge on any atom is 0.0566 e. The number of allylic oxidation sites excluding steroid dienone is 4. The molecule has 0 fully saturated rings. The molecule has 0 saturated carbocycles. The quantitative estimate of drug-likeness (QED) is 0.148. The van der Waals surface area contributed by atoms with E-state index in [1.807, 2.05) is 0 Å². The highest BCUT2D eigenvalue weighted by molar-refractivity contribution is 14.1. The summed E-state index contributed by atoms with van der Waals surface area (Å²) in [6, 6.07) is 62.5. The first-order chi connectivity index (χ1) is 21.7. The molecule has 44 heavy (non-hydrogen) atoms. The molecule has 1 aliphatic rings. The minimum atomic E-state index is -0.522. The highest BCUT2D eigenvalue weighted by atomic mass is 127. The van der Waals surface area contributed by atoms with Crippen molar-refractivity contribution in [1.82, 2.24) is 0 Å². The average molecular weight is 789 g/mol. The fraction of sp³-hybridized carbons (Fsp3) is 0.0476. The number of benzene rings is 6. The summed E-state index contributed by atoms with van der Waals surface area (Å²) in [7, 11) is 0. The molecule has 0 amide bonds. The van der Waals surface area contributed by atoms with E-state index in [1.165, 1.54) is 57.2 Å². The molecule has 1 aliphatic carbocycles. The molecule has 2 unspecified atom stereocenters. The topological polar surface area (TPSA) is 0 Å². The summed E-state index contributed by atoms with van der Waals surface area (Å²) >= 11 is 4.83. The number of hydrogen-bond acceptors (Lipinski definition) is 0. The van der Waals surface area contributed by atoms with Crippen molar-refractivity contribution in [3.8, 4) is 0 Å². The lowest BCUT2D eigenvalue weighted by Crippen LogP contribution is -2.38. The maximum atomic E-state index is 2.55. The fourth-order valence-electron chi connectivity index (χ4n) is 6.85. The van der Waals surface area contributed by atoms with Gasteiger partial charge in [0.05, 0.1) is 5.41 Å². The van der Waals surface area contributed by atoms with Crippen LogP contribution in [0.1, 0.15) is 39.3 Å². The van der Waals surface area contributed by atoms with Crippen LogP contribution in [0.3, 0.4) is 0 Å². The standard InChI is InChI=1S/C42H30I2/c43-36-25-21-30(22-26-36)38-29-39(31-13-5-1-6-14-31)42(34-19-11-4-12-20-34,35-23-27-37(44)28-24-35)41(33-17-9-3-10-18-33)40(38)32-15-7-2-8-16-32/h1-29,39H. The lowest BCUT2D eigenvalue weighted by atomic mass is 9.54. The van der Waals surface area contributed by atoms with Gasteiger partial charge < -0.3 is 0 Å². The van der Waals surface area contributed by atoms with Gasteiger partial charge in [-0.05, 0) is 120 Å². The largest absolute Gasteiger partial charge is 0.0669 e. The normalized spacial score (nSPS) is 18.1. The lowest BCUT2D eigenvalue weighted by Gasteiger charge is -2.48. The van der Waals surface area contributed by atoms with Crippen LogP contribution >= 0.6 is 45.2 Å². The van der Waals surface area contributed by atoms with Gasteiger partial charge in [-0.3, -0.25) is 0 Å². The number of rotatable bonds is 6. The van der Waals surface area contributed by atoms with Crippen LogP contribution in [-0.4, -0.2) is 0 Å². The minimum Gasteiger partial charge on any atom is -0.0669 e. The van der Waals surface area contributed by atoms with Crippen molar-refractivity contribution < 1.29 is 0 Å². The third-order valence-electron chi connectivity index (χ3n) is 8.68.